The molecule has 1 aliphatic heterocycles. The average molecular weight is 422 g/mol. The Kier molecular flexibility index (Phi) is 6.30. The molecule has 4 rings (SSSR count). The van der Waals surface area contributed by atoms with Gasteiger partial charge in [-0.05, 0) is 38.0 Å². The minimum Gasteiger partial charge on any atom is -0.497 e. The topological polar surface area (TPSA) is 105 Å². The fourth-order valence-corrected chi connectivity index (χ4v) is 3.49. The third-order valence-electron chi connectivity index (χ3n) is 5.06. The zero-order valence-corrected chi connectivity index (χ0v) is 17.7. The number of rotatable bonds is 8. The molecule has 0 unspecified atom stereocenters. The summed E-state index contributed by atoms with van der Waals surface area (Å²) in [7, 11) is 1.61. The summed E-state index contributed by atoms with van der Waals surface area (Å²) in [6, 6.07) is 11.1. The molecule has 0 bridgehead atoms. The number of carbonyl (C=O) groups is 1. The van der Waals surface area contributed by atoms with E-state index < -0.39 is 0 Å². The zero-order chi connectivity index (χ0) is 21.6. The van der Waals surface area contributed by atoms with Crippen molar-refractivity contribution in [1.29, 1.82) is 0 Å². The average Bonchev–Trinajstić information content (AvgIpc) is 3.49. The van der Waals surface area contributed by atoms with E-state index in [1.54, 1.807) is 13.2 Å². The Morgan fingerprint density at radius 1 is 1.19 bits per heavy atom. The van der Waals surface area contributed by atoms with Crippen LogP contribution in [0.2, 0.25) is 0 Å². The largest absolute Gasteiger partial charge is 0.497 e. The van der Waals surface area contributed by atoms with Gasteiger partial charge < -0.3 is 19.7 Å². The lowest BCUT2D eigenvalue weighted by Gasteiger charge is -2.17. The molecule has 2 aromatic heterocycles. The van der Waals surface area contributed by atoms with E-state index in [0.29, 0.717) is 36.2 Å². The number of H-pyrrole nitrogens is 1. The van der Waals surface area contributed by atoms with Crippen LogP contribution in [0.4, 0.5) is 5.82 Å². The highest BCUT2D eigenvalue weighted by Crippen LogP contribution is 2.23. The molecule has 1 amide bonds. The van der Waals surface area contributed by atoms with Crippen LogP contribution in [-0.4, -0.2) is 59.4 Å². The molecule has 162 valence electrons. The van der Waals surface area contributed by atoms with Crippen LogP contribution in [0.5, 0.6) is 11.6 Å². The number of hydrogen-bond acceptors (Lipinski definition) is 7. The molecule has 9 heteroatoms. The first-order chi connectivity index (χ1) is 15.1. The predicted molar refractivity (Wildman–Crippen MR) is 117 cm³/mol. The lowest BCUT2D eigenvalue weighted by Crippen LogP contribution is -2.28. The predicted octanol–water partition coefficient (Wildman–Crippen LogP) is 2.59. The Morgan fingerprint density at radius 3 is 2.84 bits per heavy atom. The van der Waals surface area contributed by atoms with Gasteiger partial charge in [0.2, 0.25) is 5.88 Å². The second-order valence-electron chi connectivity index (χ2n) is 7.31. The van der Waals surface area contributed by atoms with Crippen LogP contribution in [-0.2, 0) is 0 Å². The Morgan fingerprint density at radius 2 is 2.03 bits per heavy atom. The minimum atomic E-state index is -0.248. The van der Waals surface area contributed by atoms with Gasteiger partial charge in [-0.3, -0.25) is 9.89 Å². The summed E-state index contributed by atoms with van der Waals surface area (Å²) in [6.07, 6.45) is 2.36. The van der Waals surface area contributed by atoms with Crippen LogP contribution < -0.4 is 19.7 Å². The van der Waals surface area contributed by atoms with Gasteiger partial charge in [-0.2, -0.15) is 10.1 Å². The molecule has 3 heterocycles. The normalized spacial score (nSPS) is 13.3. The van der Waals surface area contributed by atoms with E-state index in [0.717, 1.165) is 30.2 Å². The summed E-state index contributed by atoms with van der Waals surface area (Å²) in [5, 5.41) is 9.83. The number of aryl methyl sites for hydroxylation is 1. The molecule has 1 aromatic carbocycles. The number of methoxy groups -OCH3 is 1. The lowest BCUT2D eigenvalue weighted by molar-refractivity contribution is 0.0941. The molecular weight excluding hydrogens is 396 g/mol. The van der Waals surface area contributed by atoms with Crippen LogP contribution in [0.1, 0.15) is 29.2 Å². The third-order valence-corrected chi connectivity index (χ3v) is 5.06. The van der Waals surface area contributed by atoms with Crippen molar-refractivity contribution in [1.82, 2.24) is 25.5 Å². The number of ether oxygens (including phenoxy) is 2. The summed E-state index contributed by atoms with van der Waals surface area (Å²) < 4.78 is 11.0. The molecule has 31 heavy (non-hydrogen) atoms. The molecular formula is C22H26N6O3. The Hall–Kier alpha value is -3.62. The number of nitrogens with zero attached hydrogens (tertiary/aromatic N) is 4. The van der Waals surface area contributed by atoms with Gasteiger partial charge in [0.15, 0.2) is 0 Å². The minimum absolute atomic E-state index is 0.248. The second-order valence-corrected chi connectivity index (χ2v) is 7.31. The van der Waals surface area contributed by atoms with E-state index in [4.69, 9.17) is 9.47 Å². The summed E-state index contributed by atoms with van der Waals surface area (Å²) in [6.45, 7) is 4.51. The van der Waals surface area contributed by atoms with Crippen molar-refractivity contribution < 1.29 is 14.3 Å². The van der Waals surface area contributed by atoms with Crippen molar-refractivity contribution in [3.8, 4) is 22.9 Å². The number of aromatic nitrogens is 4. The maximum absolute atomic E-state index is 12.4. The van der Waals surface area contributed by atoms with Crippen LogP contribution in [0.15, 0.2) is 36.4 Å². The molecule has 9 nitrogen and oxygen atoms in total. The fourth-order valence-electron chi connectivity index (χ4n) is 3.49. The van der Waals surface area contributed by atoms with Gasteiger partial charge in [0, 0.05) is 24.7 Å². The van der Waals surface area contributed by atoms with E-state index >= 15 is 0 Å². The summed E-state index contributed by atoms with van der Waals surface area (Å²) in [5.74, 6) is 2.57. The van der Waals surface area contributed by atoms with Gasteiger partial charge in [0.25, 0.3) is 5.91 Å². The van der Waals surface area contributed by atoms with Crippen molar-refractivity contribution in [2.45, 2.75) is 19.8 Å². The van der Waals surface area contributed by atoms with Crippen molar-refractivity contribution in [3.63, 3.8) is 0 Å². The highest BCUT2D eigenvalue weighted by atomic mass is 16.5. The van der Waals surface area contributed by atoms with Gasteiger partial charge in [0.1, 0.15) is 29.7 Å². The number of carbonyl (C=O) groups excluding carboxylic acids is 1. The third kappa shape index (κ3) is 5.11. The van der Waals surface area contributed by atoms with Crippen molar-refractivity contribution in [2.24, 2.45) is 0 Å². The van der Waals surface area contributed by atoms with E-state index in [9.17, 15) is 4.79 Å². The summed E-state index contributed by atoms with van der Waals surface area (Å²) in [4.78, 5) is 23.5. The maximum atomic E-state index is 12.4. The van der Waals surface area contributed by atoms with E-state index in [2.05, 4.69) is 30.4 Å². The van der Waals surface area contributed by atoms with E-state index in [1.165, 1.54) is 12.8 Å². The Bertz CT molecular complexity index is 1050. The Balaban J connectivity index is 1.29. The standard InChI is InChI=1S/C22H26N6O3/c1-15-24-20(28-9-3-4-10-28)14-21(25-15)31-11-8-23-22(29)19-13-18(26-27-19)16-6-5-7-17(12-16)30-2/h5-7,12-14H,3-4,8-11H2,1-2H3,(H,23,29)(H,26,27). The van der Waals surface area contributed by atoms with Crippen molar-refractivity contribution in [3.05, 3.63) is 47.9 Å². The van der Waals surface area contributed by atoms with Gasteiger partial charge >= 0.3 is 0 Å². The number of benzene rings is 1. The number of nitrogens with one attached hydrogen (secondary N) is 2. The molecule has 0 aliphatic carbocycles. The SMILES string of the molecule is COc1cccc(-c2cc(C(=O)NCCOc3cc(N4CCCC4)nc(C)n3)[nH]n2)c1. The second kappa shape index (κ2) is 9.46. The lowest BCUT2D eigenvalue weighted by atomic mass is 10.1. The number of hydrogen-bond donors (Lipinski definition) is 2. The molecule has 0 radical (unpaired) electrons. The van der Waals surface area contributed by atoms with Crippen LogP contribution in [0.3, 0.4) is 0 Å². The molecule has 1 aliphatic rings. The van der Waals surface area contributed by atoms with E-state index in [1.807, 2.05) is 37.3 Å². The summed E-state index contributed by atoms with van der Waals surface area (Å²) in [5.41, 5.74) is 1.92. The number of anilines is 1. The first-order valence-electron chi connectivity index (χ1n) is 10.3. The first-order valence-corrected chi connectivity index (χ1v) is 10.3. The molecule has 2 N–H and O–H groups in total. The maximum Gasteiger partial charge on any atom is 0.269 e. The quantitative estimate of drug-likeness (QED) is 0.538. The summed E-state index contributed by atoms with van der Waals surface area (Å²) >= 11 is 0. The van der Waals surface area contributed by atoms with Gasteiger partial charge in [-0.25, -0.2) is 4.98 Å². The highest BCUT2D eigenvalue weighted by molar-refractivity contribution is 5.93. The monoisotopic (exact) mass is 422 g/mol. The van der Waals surface area contributed by atoms with Crippen molar-refractivity contribution >= 4 is 11.7 Å². The number of amides is 1. The van der Waals surface area contributed by atoms with Gasteiger partial charge in [0.05, 0.1) is 19.3 Å². The van der Waals surface area contributed by atoms with Gasteiger partial charge in [-0.1, -0.05) is 12.1 Å². The molecule has 3 aromatic rings. The zero-order valence-electron chi connectivity index (χ0n) is 17.7. The van der Waals surface area contributed by atoms with Crippen molar-refractivity contribution in [2.75, 3.05) is 38.3 Å². The Labute approximate surface area is 180 Å². The molecule has 0 atom stereocenters. The molecule has 0 spiro atoms. The van der Waals surface area contributed by atoms with Crippen LogP contribution in [0, 0.1) is 6.92 Å². The van der Waals surface area contributed by atoms with Crippen LogP contribution >= 0.6 is 0 Å². The van der Waals surface area contributed by atoms with Crippen LogP contribution in [0.25, 0.3) is 11.3 Å². The molecule has 1 saturated heterocycles. The molecule has 0 saturated carbocycles. The van der Waals surface area contributed by atoms with Gasteiger partial charge in [-0.15, -0.1) is 0 Å². The smallest absolute Gasteiger partial charge is 0.269 e. The van der Waals surface area contributed by atoms with E-state index in [-0.39, 0.29) is 5.91 Å². The fraction of sp³-hybridized carbons (Fsp3) is 0.364. The highest BCUT2D eigenvalue weighted by Gasteiger charge is 2.16. The molecule has 1 fully saturated rings. The first kappa shape index (κ1) is 20.6. The number of aromatic amines is 1.